The second-order valence-electron chi connectivity index (χ2n) is 7.02. The minimum atomic E-state index is -4.35. The number of carboxylic acid groups (broad SMARTS) is 1. The summed E-state index contributed by atoms with van der Waals surface area (Å²) in [4.78, 5) is 11.1. The highest BCUT2D eigenvalue weighted by atomic mass is 19.4. The van der Waals surface area contributed by atoms with Gasteiger partial charge >= 0.3 is 12.1 Å². The maximum Gasteiger partial charge on any atom is 0.416 e. The van der Waals surface area contributed by atoms with Crippen molar-refractivity contribution in [3.63, 3.8) is 0 Å². The molecule has 160 valence electrons. The molecule has 0 aliphatic heterocycles. The zero-order valence-electron chi connectivity index (χ0n) is 16.8. The van der Waals surface area contributed by atoms with Crippen LogP contribution in [0.15, 0.2) is 72.8 Å². The van der Waals surface area contributed by atoms with Gasteiger partial charge in [-0.2, -0.15) is 13.2 Å². The van der Waals surface area contributed by atoms with Crippen LogP contribution >= 0.6 is 0 Å². The lowest BCUT2D eigenvalue weighted by molar-refractivity contribution is -0.138. The van der Waals surface area contributed by atoms with Gasteiger partial charge in [0.05, 0.1) is 12.0 Å². The molecule has 0 spiro atoms. The molecule has 0 aliphatic rings. The minimum absolute atomic E-state index is 0.0371. The second-order valence-corrected chi connectivity index (χ2v) is 7.02. The van der Waals surface area contributed by atoms with Gasteiger partial charge in [-0.15, -0.1) is 0 Å². The Labute approximate surface area is 178 Å². The van der Waals surface area contributed by atoms with Gasteiger partial charge in [-0.05, 0) is 65.1 Å². The van der Waals surface area contributed by atoms with Crippen molar-refractivity contribution in [2.75, 3.05) is 6.61 Å². The van der Waals surface area contributed by atoms with Crippen LogP contribution in [0, 0.1) is 6.92 Å². The van der Waals surface area contributed by atoms with Crippen molar-refractivity contribution >= 4 is 12.0 Å². The summed E-state index contributed by atoms with van der Waals surface area (Å²) in [6.07, 6.45) is -0.954. The zero-order valence-corrected chi connectivity index (χ0v) is 16.8. The molecule has 31 heavy (non-hydrogen) atoms. The van der Waals surface area contributed by atoms with Crippen molar-refractivity contribution in [3.8, 4) is 16.9 Å². The molecule has 0 unspecified atom stereocenters. The molecular formula is C25H21F3O3. The van der Waals surface area contributed by atoms with E-state index in [1.165, 1.54) is 12.1 Å². The van der Waals surface area contributed by atoms with Crippen LogP contribution in [0.1, 0.15) is 22.3 Å². The van der Waals surface area contributed by atoms with E-state index >= 15 is 0 Å². The van der Waals surface area contributed by atoms with Gasteiger partial charge in [0, 0.05) is 0 Å². The van der Waals surface area contributed by atoms with Crippen LogP contribution in [0.4, 0.5) is 13.2 Å². The van der Waals surface area contributed by atoms with Crippen LogP contribution in [0.3, 0.4) is 0 Å². The van der Waals surface area contributed by atoms with E-state index in [0.29, 0.717) is 11.3 Å². The summed E-state index contributed by atoms with van der Waals surface area (Å²) in [7, 11) is 0. The Balaban J connectivity index is 1.66. The predicted molar refractivity (Wildman–Crippen MR) is 114 cm³/mol. The summed E-state index contributed by atoms with van der Waals surface area (Å²) in [5, 5.41) is 9.07. The van der Waals surface area contributed by atoms with Crippen molar-refractivity contribution in [1.82, 2.24) is 0 Å². The highest BCUT2D eigenvalue weighted by molar-refractivity contribution is 5.75. The average molecular weight is 426 g/mol. The van der Waals surface area contributed by atoms with Gasteiger partial charge in [0.15, 0.2) is 0 Å². The number of hydrogen-bond donors (Lipinski definition) is 1. The van der Waals surface area contributed by atoms with Crippen LogP contribution in [0.5, 0.6) is 5.75 Å². The fraction of sp³-hybridized carbons (Fsp3) is 0.160. The molecule has 0 radical (unpaired) electrons. The second kappa shape index (κ2) is 9.51. The normalized spacial score (nSPS) is 11.6. The Morgan fingerprint density at radius 3 is 2.42 bits per heavy atom. The van der Waals surface area contributed by atoms with Crippen LogP contribution in [0.2, 0.25) is 0 Å². The maximum absolute atomic E-state index is 12.6. The number of halogens is 3. The van der Waals surface area contributed by atoms with Gasteiger partial charge in [0.1, 0.15) is 12.4 Å². The molecule has 0 amide bonds. The quantitative estimate of drug-likeness (QED) is 0.476. The fourth-order valence-electron chi connectivity index (χ4n) is 3.22. The van der Waals surface area contributed by atoms with E-state index < -0.39 is 17.7 Å². The number of carboxylic acids is 1. The van der Waals surface area contributed by atoms with Gasteiger partial charge in [-0.1, -0.05) is 48.5 Å². The molecule has 0 aromatic heterocycles. The topological polar surface area (TPSA) is 46.5 Å². The van der Waals surface area contributed by atoms with Crippen molar-refractivity contribution < 1.29 is 27.8 Å². The predicted octanol–water partition coefficient (Wildman–Crippen LogP) is 6.40. The molecule has 0 saturated heterocycles. The first-order chi connectivity index (χ1) is 14.7. The first-order valence-electron chi connectivity index (χ1n) is 9.61. The lowest BCUT2D eigenvalue weighted by Gasteiger charge is -2.12. The Morgan fingerprint density at radius 2 is 1.74 bits per heavy atom. The van der Waals surface area contributed by atoms with Crippen LogP contribution < -0.4 is 4.74 Å². The minimum Gasteiger partial charge on any atom is -0.490 e. The molecule has 0 fully saturated rings. The van der Waals surface area contributed by atoms with Gasteiger partial charge in [-0.3, -0.25) is 4.79 Å². The van der Waals surface area contributed by atoms with Crippen molar-refractivity contribution in [2.45, 2.75) is 19.5 Å². The third-order valence-electron chi connectivity index (χ3n) is 4.83. The smallest absolute Gasteiger partial charge is 0.416 e. The summed E-state index contributed by atoms with van der Waals surface area (Å²) >= 11 is 0. The highest BCUT2D eigenvalue weighted by Gasteiger charge is 2.29. The zero-order chi connectivity index (χ0) is 22.4. The van der Waals surface area contributed by atoms with Gasteiger partial charge in [0.2, 0.25) is 0 Å². The molecule has 3 aromatic carbocycles. The number of carbonyl (C=O) groups is 1. The van der Waals surface area contributed by atoms with Crippen molar-refractivity contribution in [2.24, 2.45) is 0 Å². The first-order valence-corrected chi connectivity index (χ1v) is 9.61. The van der Waals surface area contributed by atoms with Gasteiger partial charge in [0.25, 0.3) is 0 Å². The van der Waals surface area contributed by atoms with E-state index in [4.69, 9.17) is 9.84 Å². The molecule has 0 aliphatic carbocycles. The van der Waals surface area contributed by atoms with E-state index in [1.54, 1.807) is 18.2 Å². The number of ether oxygens (including phenoxy) is 1. The summed E-state index contributed by atoms with van der Waals surface area (Å²) in [5.41, 5.74) is 3.48. The summed E-state index contributed by atoms with van der Waals surface area (Å²) in [6, 6.07) is 18.0. The summed E-state index contributed by atoms with van der Waals surface area (Å²) in [6.45, 7) is 2.15. The Bertz CT molecular complexity index is 1080. The van der Waals surface area contributed by atoms with Gasteiger partial charge < -0.3 is 9.84 Å². The van der Waals surface area contributed by atoms with Crippen molar-refractivity contribution in [1.29, 1.82) is 0 Å². The lowest BCUT2D eigenvalue weighted by Crippen LogP contribution is -2.04. The molecule has 0 heterocycles. The van der Waals surface area contributed by atoms with Crippen LogP contribution in [0.25, 0.3) is 17.2 Å². The molecule has 0 saturated carbocycles. The monoisotopic (exact) mass is 426 g/mol. The fourth-order valence-corrected chi connectivity index (χ4v) is 3.22. The van der Waals surface area contributed by atoms with E-state index in [-0.39, 0.29) is 13.0 Å². The Kier molecular flexibility index (Phi) is 6.80. The molecule has 0 atom stereocenters. The standard InChI is InChI=1S/C25H21F3O3/c1-17-19(16-24(29)30)6-3-9-23(17)20-7-2-8-22(15-20)31-14-4-5-18-10-12-21(13-11-18)25(26,27)28/h2-13,15H,14,16H2,1H3,(H,29,30). The molecule has 3 nitrogen and oxygen atoms in total. The van der Waals surface area contributed by atoms with Crippen LogP contribution in [-0.2, 0) is 17.4 Å². The maximum atomic E-state index is 12.6. The van der Waals surface area contributed by atoms with Gasteiger partial charge in [-0.25, -0.2) is 0 Å². The lowest BCUT2D eigenvalue weighted by atomic mass is 9.95. The first kappa shape index (κ1) is 22.2. The Morgan fingerprint density at radius 1 is 1.03 bits per heavy atom. The number of alkyl halides is 3. The molecule has 0 bridgehead atoms. The molecular weight excluding hydrogens is 405 g/mol. The van der Waals surface area contributed by atoms with Crippen LogP contribution in [-0.4, -0.2) is 17.7 Å². The molecule has 6 heteroatoms. The number of hydrogen-bond acceptors (Lipinski definition) is 2. The van der Waals surface area contributed by atoms with E-state index in [1.807, 2.05) is 43.3 Å². The number of rotatable bonds is 7. The van der Waals surface area contributed by atoms with E-state index in [2.05, 4.69) is 0 Å². The SMILES string of the molecule is Cc1c(CC(=O)O)cccc1-c1cccc(OCC=Cc2ccc(C(F)(F)F)cc2)c1. The van der Waals surface area contributed by atoms with E-state index in [9.17, 15) is 18.0 Å². The Hall–Kier alpha value is -3.54. The third-order valence-corrected chi connectivity index (χ3v) is 4.83. The summed E-state index contributed by atoms with van der Waals surface area (Å²) < 4.78 is 43.6. The largest absolute Gasteiger partial charge is 0.490 e. The van der Waals surface area contributed by atoms with Crippen molar-refractivity contribution in [3.05, 3.63) is 95.1 Å². The summed E-state index contributed by atoms with van der Waals surface area (Å²) in [5.74, 6) is -0.241. The number of benzene rings is 3. The molecule has 3 rings (SSSR count). The molecule has 1 N–H and O–H groups in total. The molecule has 3 aromatic rings. The average Bonchev–Trinajstić information content (AvgIpc) is 2.72. The van der Waals surface area contributed by atoms with E-state index in [0.717, 1.165) is 34.4 Å². The third kappa shape index (κ3) is 5.98. The number of aliphatic carboxylic acids is 1. The highest BCUT2D eigenvalue weighted by Crippen LogP contribution is 2.30.